The molecule has 0 radical (unpaired) electrons. The Balaban J connectivity index is 1.20. The highest BCUT2D eigenvalue weighted by molar-refractivity contribution is 5.89. The van der Waals surface area contributed by atoms with E-state index in [1.807, 2.05) is 71.3 Å². The minimum absolute atomic E-state index is 0.00896. The van der Waals surface area contributed by atoms with Crippen molar-refractivity contribution in [3.8, 4) is 0 Å². The lowest BCUT2D eigenvalue weighted by Gasteiger charge is -2.33. The number of piperidine rings is 1. The van der Waals surface area contributed by atoms with Gasteiger partial charge >= 0.3 is 0 Å². The summed E-state index contributed by atoms with van der Waals surface area (Å²) in [6.07, 6.45) is 2.12. The number of hydrogen-bond donors (Lipinski definition) is 1. The second kappa shape index (κ2) is 8.17. The number of carbonyl (C=O) groups is 2. The van der Waals surface area contributed by atoms with Crippen molar-refractivity contribution < 1.29 is 9.59 Å². The number of imidazole rings is 1. The number of hydrogen-bond acceptors (Lipinski definition) is 3. The molecule has 2 fully saturated rings. The van der Waals surface area contributed by atoms with Crippen molar-refractivity contribution in [3.05, 3.63) is 66.0 Å². The number of carbonyl (C=O) groups excluding carboxylic acids is 2. The van der Waals surface area contributed by atoms with Gasteiger partial charge in [0.2, 0.25) is 11.8 Å². The Hall–Kier alpha value is -3.15. The fourth-order valence-corrected chi connectivity index (χ4v) is 4.98. The lowest BCUT2D eigenvalue weighted by Crippen LogP contribution is -2.42. The molecule has 0 bridgehead atoms. The summed E-state index contributed by atoms with van der Waals surface area (Å²) in [4.78, 5) is 37.8. The smallest absolute Gasteiger partial charge is 0.227 e. The monoisotopic (exact) mass is 416 g/mol. The molecule has 2 aliphatic rings. The third-order valence-electron chi connectivity index (χ3n) is 6.86. The summed E-state index contributed by atoms with van der Waals surface area (Å²) in [5.74, 6) is 1.33. The lowest BCUT2D eigenvalue weighted by molar-refractivity contribution is -0.136. The maximum absolute atomic E-state index is 13.2. The Morgan fingerprint density at radius 3 is 2.52 bits per heavy atom. The molecule has 31 heavy (non-hydrogen) atoms. The van der Waals surface area contributed by atoms with E-state index in [1.165, 1.54) is 0 Å². The Kier molecular flexibility index (Phi) is 5.22. The summed E-state index contributed by atoms with van der Waals surface area (Å²) in [7, 11) is 0. The number of benzene rings is 2. The minimum atomic E-state index is -0.235. The topological polar surface area (TPSA) is 69.3 Å². The predicted octanol–water partition coefficient (Wildman–Crippen LogP) is 3.88. The van der Waals surface area contributed by atoms with Crippen molar-refractivity contribution in [3.63, 3.8) is 0 Å². The van der Waals surface area contributed by atoms with Crippen LogP contribution in [0.25, 0.3) is 11.0 Å². The summed E-state index contributed by atoms with van der Waals surface area (Å²) in [6.45, 7) is 4.00. The van der Waals surface area contributed by atoms with Crippen molar-refractivity contribution in [2.24, 2.45) is 5.92 Å². The number of H-pyrrole nitrogens is 1. The van der Waals surface area contributed by atoms with Gasteiger partial charge < -0.3 is 14.8 Å². The third kappa shape index (κ3) is 3.82. The van der Waals surface area contributed by atoms with E-state index in [0.29, 0.717) is 18.9 Å². The van der Waals surface area contributed by atoms with E-state index in [1.54, 1.807) is 0 Å². The summed E-state index contributed by atoms with van der Waals surface area (Å²) in [6, 6.07) is 18.1. The molecule has 3 aromatic rings. The molecule has 2 amide bonds. The molecule has 5 rings (SSSR count). The van der Waals surface area contributed by atoms with Crippen molar-refractivity contribution in [1.29, 1.82) is 0 Å². The third-order valence-corrected chi connectivity index (χ3v) is 6.86. The summed E-state index contributed by atoms with van der Waals surface area (Å²) >= 11 is 0. The summed E-state index contributed by atoms with van der Waals surface area (Å²) in [5, 5.41) is 0. The van der Waals surface area contributed by atoms with Gasteiger partial charge in [-0.05, 0) is 37.5 Å². The highest BCUT2D eigenvalue weighted by atomic mass is 16.2. The lowest BCUT2D eigenvalue weighted by atomic mass is 9.95. The van der Waals surface area contributed by atoms with E-state index < -0.39 is 0 Å². The number of aromatic nitrogens is 2. The fraction of sp³-hybridized carbons (Fsp3) is 0.400. The van der Waals surface area contributed by atoms with Gasteiger partial charge in [0.05, 0.1) is 23.0 Å². The zero-order chi connectivity index (χ0) is 21.4. The number of fused-ring (bicyclic) bond motifs is 1. The van der Waals surface area contributed by atoms with Crippen molar-refractivity contribution in [1.82, 2.24) is 19.8 Å². The van der Waals surface area contributed by atoms with Gasteiger partial charge in [-0.15, -0.1) is 0 Å². The Bertz CT molecular complexity index is 1050. The minimum Gasteiger partial charge on any atom is -0.342 e. The zero-order valence-corrected chi connectivity index (χ0v) is 17.8. The van der Waals surface area contributed by atoms with Crippen LogP contribution in [0.1, 0.15) is 49.5 Å². The first-order chi connectivity index (χ1) is 15.1. The van der Waals surface area contributed by atoms with E-state index >= 15 is 0 Å². The van der Waals surface area contributed by atoms with Crippen molar-refractivity contribution in [2.45, 2.75) is 38.1 Å². The molecule has 1 N–H and O–H groups in total. The van der Waals surface area contributed by atoms with Gasteiger partial charge in [-0.1, -0.05) is 42.5 Å². The molecule has 160 valence electrons. The number of nitrogens with one attached hydrogen (secondary N) is 1. The number of nitrogens with zero attached hydrogens (tertiary/aromatic N) is 3. The summed E-state index contributed by atoms with van der Waals surface area (Å²) < 4.78 is 0. The second-order valence-electron chi connectivity index (χ2n) is 8.77. The SMILES string of the molecule is CC(c1ccccc1)N1CC(C(=O)N2CCC(c3nc4ccccc4[nH]3)CC2)CC1=O. The average molecular weight is 417 g/mol. The van der Waals surface area contributed by atoms with Crippen LogP contribution < -0.4 is 0 Å². The molecule has 2 saturated heterocycles. The highest BCUT2D eigenvalue weighted by Gasteiger charge is 2.39. The van der Waals surface area contributed by atoms with E-state index in [4.69, 9.17) is 4.98 Å². The van der Waals surface area contributed by atoms with Gasteiger partial charge in [0.25, 0.3) is 0 Å². The molecule has 0 saturated carbocycles. The van der Waals surface area contributed by atoms with Crippen molar-refractivity contribution in [2.75, 3.05) is 19.6 Å². The number of rotatable bonds is 4. The molecular weight excluding hydrogens is 388 g/mol. The molecule has 0 spiro atoms. The summed E-state index contributed by atoms with van der Waals surface area (Å²) in [5.41, 5.74) is 3.16. The second-order valence-corrected chi connectivity index (χ2v) is 8.77. The van der Waals surface area contributed by atoms with E-state index in [0.717, 1.165) is 48.4 Å². The van der Waals surface area contributed by atoms with E-state index in [9.17, 15) is 9.59 Å². The van der Waals surface area contributed by atoms with Crippen LogP contribution in [0.15, 0.2) is 54.6 Å². The first-order valence-electron chi connectivity index (χ1n) is 11.2. The zero-order valence-electron chi connectivity index (χ0n) is 17.8. The molecule has 2 atom stereocenters. The van der Waals surface area contributed by atoms with Crippen LogP contribution >= 0.6 is 0 Å². The fourth-order valence-electron chi connectivity index (χ4n) is 4.98. The highest BCUT2D eigenvalue weighted by Crippen LogP contribution is 2.32. The number of likely N-dealkylation sites (tertiary alicyclic amines) is 2. The quantitative estimate of drug-likeness (QED) is 0.702. The van der Waals surface area contributed by atoms with Crippen LogP contribution in [0, 0.1) is 5.92 Å². The Morgan fingerprint density at radius 1 is 1.06 bits per heavy atom. The maximum Gasteiger partial charge on any atom is 0.227 e. The molecule has 1 aromatic heterocycles. The van der Waals surface area contributed by atoms with Crippen LogP contribution in [-0.4, -0.2) is 51.2 Å². The Labute approximate surface area is 182 Å². The van der Waals surface area contributed by atoms with Crippen LogP contribution in [0.2, 0.25) is 0 Å². The molecule has 2 aromatic carbocycles. The average Bonchev–Trinajstić information content (AvgIpc) is 3.42. The van der Waals surface area contributed by atoms with Crippen LogP contribution in [0.3, 0.4) is 0 Å². The normalized spacial score (nSPS) is 21.1. The largest absolute Gasteiger partial charge is 0.342 e. The molecule has 3 heterocycles. The first kappa shape index (κ1) is 19.8. The number of para-hydroxylation sites is 2. The van der Waals surface area contributed by atoms with E-state index in [2.05, 4.69) is 4.98 Å². The number of aromatic amines is 1. The molecular formula is C25H28N4O2. The maximum atomic E-state index is 13.2. The predicted molar refractivity (Wildman–Crippen MR) is 119 cm³/mol. The van der Waals surface area contributed by atoms with Gasteiger partial charge in [0.15, 0.2) is 0 Å². The standard InChI is InChI=1S/C25H28N4O2/c1-17(18-7-3-2-4-8-18)29-16-20(15-23(29)30)25(31)28-13-11-19(12-14-28)24-26-21-9-5-6-10-22(21)27-24/h2-10,17,19-20H,11-16H2,1H3,(H,26,27). The van der Waals surface area contributed by atoms with Gasteiger partial charge in [-0.3, -0.25) is 9.59 Å². The van der Waals surface area contributed by atoms with Gasteiger partial charge in [-0.25, -0.2) is 4.98 Å². The van der Waals surface area contributed by atoms with E-state index in [-0.39, 0.29) is 23.8 Å². The van der Waals surface area contributed by atoms with Gasteiger partial charge in [-0.2, -0.15) is 0 Å². The molecule has 2 aliphatic heterocycles. The van der Waals surface area contributed by atoms with Crippen molar-refractivity contribution >= 4 is 22.8 Å². The molecule has 2 unspecified atom stereocenters. The molecule has 6 heteroatoms. The van der Waals surface area contributed by atoms with Gasteiger partial charge in [0, 0.05) is 32.0 Å². The van der Waals surface area contributed by atoms with Gasteiger partial charge in [0.1, 0.15) is 5.82 Å². The number of amides is 2. The van der Waals surface area contributed by atoms with Crippen LogP contribution in [0.5, 0.6) is 0 Å². The first-order valence-corrected chi connectivity index (χ1v) is 11.2. The molecule has 6 nitrogen and oxygen atoms in total. The molecule has 0 aliphatic carbocycles. The Morgan fingerprint density at radius 2 is 1.77 bits per heavy atom. The van der Waals surface area contributed by atoms with Crippen LogP contribution in [-0.2, 0) is 9.59 Å². The van der Waals surface area contributed by atoms with Crippen LogP contribution in [0.4, 0.5) is 0 Å².